The lowest BCUT2D eigenvalue weighted by atomic mass is 10.2. The third-order valence-corrected chi connectivity index (χ3v) is 3.46. The van der Waals surface area contributed by atoms with Gasteiger partial charge in [0, 0.05) is 17.8 Å². The van der Waals surface area contributed by atoms with E-state index in [-0.39, 0.29) is 0 Å². The predicted octanol–water partition coefficient (Wildman–Crippen LogP) is 3.30. The Bertz CT molecular complexity index is 106. The highest BCUT2D eigenvalue weighted by Crippen LogP contribution is 2.10. The first kappa shape index (κ1) is 13.3. The molecule has 0 aromatic rings. The van der Waals surface area contributed by atoms with Gasteiger partial charge in [0.2, 0.25) is 0 Å². The number of rotatable bonds is 8. The fourth-order valence-electron chi connectivity index (χ4n) is 1.28. The Labute approximate surface area is 88.1 Å². The molecule has 0 aliphatic rings. The average molecular weight is 203 g/mol. The lowest BCUT2D eigenvalue weighted by Crippen LogP contribution is -2.31. The lowest BCUT2D eigenvalue weighted by molar-refractivity contribution is 0.511. The van der Waals surface area contributed by atoms with E-state index in [1.54, 1.807) is 0 Å². The smallest absolute Gasteiger partial charge is 0.0144 e. The third kappa shape index (κ3) is 8.63. The Kier molecular flexibility index (Phi) is 9.10. The molecule has 0 bridgehead atoms. The summed E-state index contributed by atoms with van der Waals surface area (Å²) in [6.45, 7) is 10.2. The second-order valence-electron chi connectivity index (χ2n) is 3.78. The van der Waals surface area contributed by atoms with Crippen molar-refractivity contribution in [2.24, 2.45) is 0 Å². The zero-order valence-corrected chi connectivity index (χ0v) is 10.4. The minimum Gasteiger partial charge on any atom is -0.313 e. The Morgan fingerprint density at radius 2 is 1.85 bits per heavy atom. The number of nitrogens with one attached hydrogen (secondary N) is 1. The molecule has 0 radical (unpaired) electrons. The number of hydrogen-bond acceptors (Lipinski definition) is 2. The van der Waals surface area contributed by atoms with Gasteiger partial charge in [0.1, 0.15) is 0 Å². The van der Waals surface area contributed by atoms with E-state index in [0.717, 1.165) is 11.8 Å². The maximum atomic E-state index is 3.57. The maximum Gasteiger partial charge on any atom is 0.0144 e. The summed E-state index contributed by atoms with van der Waals surface area (Å²) < 4.78 is 0. The first-order valence-electron chi connectivity index (χ1n) is 5.55. The summed E-state index contributed by atoms with van der Waals surface area (Å²) in [5.74, 6) is 1.30. The van der Waals surface area contributed by atoms with Crippen molar-refractivity contribution in [2.45, 2.75) is 58.2 Å². The minimum atomic E-state index is 0.690. The van der Waals surface area contributed by atoms with Crippen LogP contribution in [0.1, 0.15) is 47.0 Å². The zero-order chi connectivity index (χ0) is 10.1. The summed E-state index contributed by atoms with van der Waals surface area (Å²) in [6, 6.07) is 0.690. The van der Waals surface area contributed by atoms with Crippen molar-refractivity contribution in [1.82, 2.24) is 5.32 Å². The second kappa shape index (κ2) is 8.89. The average Bonchev–Trinajstić information content (AvgIpc) is 2.12. The van der Waals surface area contributed by atoms with Gasteiger partial charge in [0.25, 0.3) is 0 Å². The molecule has 80 valence electrons. The van der Waals surface area contributed by atoms with E-state index in [2.05, 4.69) is 44.8 Å². The molecule has 0 saturated heterocycles. The van der Waals surface area contributed by atoms with Crippen molar-refractivity contribution >= 4 is 11.8 Å². The van der Waals surface area contributed by atoms with Gasteiger partial charge < -0.3 is 5.32 Å². The van der Waals surface area contributed by atoms with Gasteiger partial charge in [-0.05, 0) is 25.5 Å². The van der Waals surface area contributed by atoms with Gasteiger partial charge in [-0.1, -0.05) is 27.2 Å². The van der Waals surface area contributed by atoms with E-state index in [1.165, 1.54) is 25.0 Å². The zero-order valence-electron chi connectivity index (χ0n) is 9.60. The monoisotopic (exact) mass is 203 g/mol. The fraction of sp³-hybridized carbons (Fsp3) is 1.00. The van der Waals surface area contributed by atoms with Gasteiger partial charge in [-0.2, -0.15) is 11.8 Å². The van der Waals surface area contributed by atoms with Crippen LogP contribution in [0.5, 0.6) is 0 Å². The van der Waals surface area contributed by atoms with Crippen LogP contribution in [0.15, 0.2) is 0 Å². The van der Waals surface area contributed by atoms with Crippen molar-refractivity contribution in [2.75, 3.05) is 12.3 Å². The Hall–Kier alpha value is 0.310. The summed E-state index contributed by atoms with van der Waals surface area (Å²) in [7, 11) is 0. The van der Waals surface area contributed by atoms with Crippen LogP contribution < -0.4 is 5.32 Å². The van der Waals surface area contributed by atoms with Gasteiger partial charge in [-0.15, -0.1) is 0 Å². The normalized spacial score (nSPS) is 15.7. The number of thioether (sulfide) groups is 1. The molecule has 0 fully saturated rings. The maximum absolute atomic E-state index is 3.57. The molecule has 1 N–H and O–H groups in total. The van der Waals surface area contributed by atoms with Crippen molar-refractivity contribution in [1.29, 1.82) is 0 Å². The quantitative estimate of drug-likeness (QED) is 0.649. The second-order valence-corrected chi connectivity index (χ2v) is 5.33. The van der Waals surface area contributed by atoms with Gasteiger partial charge in [-0.25, -0.2) is 0 Å². The first-order chi connectivity index (χ1) is 6.20. The molecular weight excluding hydrogens is 178 g/mol. The van der Waals surface area contributed by atoms with Gasteiger partial charge in [-0.3, -0.25) is 0 Å². The number of hydrogen-bond donors (Lipinski definition) is 1. The van der Waals surface area contributed by atoms with E-state index in [9.17, 15) is 0 Å². The van der Waals surface area contributed by atoms with E-state index in [0.29, 0.717) is 6.04 Å². The minimum absolute atomic E-state index is 0.690. The molecule has 1 nitrogen and oxygen atoms in total. The van der Waals surface area contributed by atoms with E-state index in [1.807, 2.05) is 0 Å². The van der Waals surface area contributed by atoms with E-state index in [4.69, 9.17) is 0 Å². The van der Waals surface area contributed by atoms with Crippen LogP contribution in [0.4, 0.5) is 0 Å². The summed E-state index contributed by atoms with van der Waals surface area (Å²) >= 11 is 2.07. The van der Waals surface area contributed by atoms with Crippen LogP contribution in [0.2, 0.25) is 0 Å². The molecule has 0 heterocycles. The Balaban J connectivity index is 3.29. The van der Waals surface area contributed by atoms with E-state index < -0.39 is 0 Å². The van der Waals surface area contributed by atoms with Crippen molar-refractivity contribution in [3.63, 3.8) is 0 Å². The molecule has 0 aromatic heterocycles. The fourth-order valence-corrected chi connectivity index (χ4v) is 2.13. The molecule has 0 aliphatic heterocycles. The van der Waals surface area contributed by atoms with Gasteiger partial charge >= 0.3 is 0 Å². The van der Waals surface area contributed by atoms with Crippen LogP contribution in [0, 0.1) is 0 Å². The summed E-state index contributed by atoms with van der Waals surface area (Å²) in [5.41, 5.74) is 0. The molecule has 0 amide bonds. The standard InChI is InChI=1S/C11H25NS/c1-5-7-10(3)12-9-11(4)13-8-6-2/h10-12H,5-9H2,1-4H3. The van der Waals surface area contributed by atoms with Gasteiger partial charge in [0.15, 0.2) is 0 Å². The molecule has 0 aromatic carbocycles. The van der Waals surface area contributed by atoms with Crippen LogP contribution in [-0.2, 0) is 0 Å². The molecule has 0 rings (SSSR count). The van der Waals surface area contributed by atoms with E-state index >= 15 is 0 Å². The molecular formula is C11H25NS. The molecule has 2 heteroatoms. The largest absolute Gasteiger partial charge is 0.313 e. The Morgan fingerprint density at radius 1 is 1.15 bits per heavy atom. The van der Waals surface area contributed by atoms with Crippen LogP contribution >= 0.6 is 11.8 Å². The molecule has 13 heavy (non-hydrogen) atoms. The van der Waals surface area contributed by atoms with Crippen LogP contribution in [0.25, 0.3) is 0 Å². The van der Waals surface area contributed by atoms with Gasteiger partial charge in [0.05, 0.1) is 0 Å². The molecule has 2 unspecified atom stereocenters. The highest BCUT2D eigenvalue weighted by Gasteiger charge is 2.04. The molecule has 0 spiro atoms. The SMILES string of the molecule is CCCSC(C)CNC(C)CCC. The van der Waals surface area contributed by atoms with Crippen molar-refractivity contribution in [3.05, 3.63) is 0 Å². The predicted molar refractivity (Wildman–Crippen MR) is 64.6 cm³/mol. The highest BCUT2D eigenvalue weighted by atomic mass is 32.2. The molecule has 2 atom stereocenters. The topological polar surface area (TPSA) is 12.0 Å². The Morgan fingerprint density at radius 3 is 2.38 bits per heavy atom. The van der Waals surface area contributed by atoms with Crippen molar-refractivity contribution in [3.8, 4) is 0 Å². The van der Waals surface area contributed by atoms with Crippen molar-refractivity contribution < 1.29 is 0 Å². The molecule has 0 aliphatic carbocycles. The first-order valence-corrected chi connectivity index (χ1v) is 6.60. The summed E-state index contributed by atoms with van der Waals surface area (Å²) in [6.07, 6.45) is 3.87. The third-order valence-electron chi connectivity index (χ3n) is 2.08. The van der Waals surface area contributed by atoms with Crippen LogP contribution in [-0.4, -0.2) is 23.6 Å². The highest BCUT2D eigenvalue weighted by molar-refractivity contribution is 7.99. The molecule has 0 saturated carbocycles. The summed E-state index contributed by atoms with van der Waals surface area (Å²) in [5, 5.41) is 4.33. The van der Waals surface area contributed by atoms with Crippen LogP contribution in [0.3, 0.4) is 0 Å². The lowest BCUT2D eigenvalue weighted by Gasteiger charge is -2.16. The summed E-state index contributed by atoms with van der Waals surface area (Å²) in [4.78, 5) is 0.